The van der Waals surface area contributed by atoms with E-state index >= 15 is 0 Å². The molecule has 0 bridgehead atoms. The molecule has 2 aromatic carbocycles. The van der Waals surface area contributed by atoms with Crippen LogP contribution in [0.5, 0.6) is 17.2 Å². The number of hydrogen-bond donors (Lipinski definition) is 1. The quantitative estimate of drug-likeness (QED) is 0.283. The number of benzene rings is 2. The molecule has 0 aliphatic heterocycles. The Bertz CT molecular complexity index is 850. The molecule has 0 unspecified atom stereocenters. The smallest absolute Gasteiger partial charge is 0.871 e. The second kappa shape index (κ2) is 14.6. The Labute approximate surface area is 223 Å². The van der Waals surface area contributed by atoms with Gasteiger partial charge in [-0.2, -0.15) is 8.42 Å². The first-order valence-electron chi connectivity index (χ1n) is 10.5. The molecule has 0 radical (unpaired) electrons. The summed E-state index contributed by atoms with van der Waals surface area (Å²) in [6, 6.07) is 11.1. The first-order chi connectivity index (χ1) is 13.9. The summed E-state index contributed by atoms with van der Waals surface area (Å²) in [6.45, 7) is 2.24. The van der Waals surface area contributed by atoms with Gasteiger partial charge in [-0.25, -0.2) is 0 Å². The van der Waals surface area contributed by atoms with E-state index in [-0.39, 0.29) is 57.1 Å². The Kier molecular flexibility index (Phi) is 13.5. The zero-order valence-electron chi connectivity index (χ0n) is 18.1. The summed E-state index contributed by atoms with van der Waals surface area (Å²) in [5.41, 5.74) is 1.24. The number of hydrogen-bond acceptors (Lipinski definition) is 4. The summed E-state index contributed by atoms with van der Waals surface area (Å²) in [6.07, 6.45) is 12.8. The Hall–Kier alpha value is -0.414. The van der Waals surface area contributed by atoms with Crippen molar-refractivity contribution in [1.29, 1.82) is 0 Å². The average molecular weight is 459 g/mol. The van der Waals surface area contributed by atoms with Crippen LogP contribution < -0.4 is 61.2 Å². The maximum absolute atomic E-state index is 11.8. The van der Waals surface area contributed by atoms with Crippen LogP contribution in [0.4, 0.5) is 0 Å². The summed E-state index contributed by atoms with van der Waals surface area (Å²) in [4.78, 5) is -0.652. The fraction of sp³-hybridized carbons (Fsp3) is 0.478. The third kappa shape index (κ3) is 10.3. The normalized spacial score (nSPS) is 11.1. The molecule has 160 valence electrons. The molecule has 5 nitrogen and oxygen atoms in total. The van der Waals surface area contributed by atoms with Crippen molar-refractivity contribution in [2.45, 2.75) is 76.0 Å². The van der Waals surface area contributed by atoms with E-state index in [4.69, 9.17) is 9.29 Å². The van der Waals surface area contributed by atoms with E-state index in [2.05, 4.69) is 6.92 Å². The van der Waals surface area contributed by atoms with Gasteiger partial charge in [0.05, 0.1) is 4.90 Å². The van der Waals surface area contributed by atoms with Crippen LogP contribution in [-0.4, -0.2) is 13.0 Å². The monoisotopic (exact) mass is 458 g/mol. The molecule has 0 amide bonds. The maximum atomic E-state index is 11.8. The Morgan fingerprint density at radius 1 is 0.833 bits per heavy atom. The number of unbranched alkanes of at least 4 members (excludes halogenated alkanes) is 8. The van der Waals surface area contributed by atoms with Crippen molar-refractivity contribution in [2.75, 3.05) is 0 Å². The number of aryl methyl sites for hydroxylation is 1. The van der Waals surface area contributed by atoms with E-state index in [0.717, 1.165) is 18.6 Å². The summed E-state index contributed by atoms with van der Waals surface area (Å²) in [5.74, 6) is 0.000838. The minimum atomic E-state index is -4.52. The molecule has 0 aliphatic carbocycles. The fourth-order valence-electron chi connectivity index (χ4n) is 3.27. The first kappa shape index (κ1) is 27.6. The van der Waals surface area contributed by atoms with Gasteiger partial charge in [0, 0.05) is 0 Å². The molecule has 0 heterocycles. The van der Waals surface area contributed by atoms with Gasteiger partial charge in [0.25, 0.3) is 10.1 Å². The minimum absolute atomic E-state index is 0. The van der Waals surface area contributed by atoms with Crippen LogP contribution >= 0.6 is 0 Å². The molecule has 0 atom stereocenters. The Morgan fingerprint density at radius 3 is 1.90 bits per heavy atom. The van der Waals surface area contributed by atoms with E-state index in [1.807, 2.05) is 24.3 Å². The van der Waals surface area contributed by atoms with Gasteiger partial charge in [-0.3, -0.25) is 4.55 Å². The van der Waals surface area contributed by atoms with E-state index < -0.39 is 20.8 Å². The molecular formula is C23H31KO5S. The molecule has 0 saturated heterocycles. The van der Waals surface area contributed by atoms with Gasteiger partial charge in [0.1, 0.15) is 11.5 Å². The predicted molar refractivity (Wildman–Crippen MR) is 113 cm³/mol. The number of rotatable bonds is 13. The van der Waals surface area contributed by atoms with Crippen molar-refractivity contribution in [1.82, 2.24) is 0 Å². The van der Waals surface area contributed by atoms with Crippen molar-refractivity contribution in [3.63, 3.8) is 0 Å². The van der Waals surface area contributed by atoms with Crippen LogP contribution in [0, 0.1) is 0 Å². The SMILES string of the molecule is CCCCCCCCCCCc1ccc(Oc2ccc(S(=O)(=O)O)c([O-])c2)cc1.[K+]. The molecule has 0 aromatic heterocycles. The largest absolute Gasteiger partial charge is 1.00 e. The molecule has 30 heavy (non-hydrogen) atoms. The zero-order chi connectivity index (χ0) is 21.1. The van der Waals surface area contributed by atoms with Crippen molar-refractivity contribution in [2.24, 2.45) is 0 Å². The van der Waals surface area contributed by atoms with Crippen LogP contribution in [-0.2, 0) is 16.5 Å². The standard InChI is InChI=1S/C23H32O5S.K/c1-2-3-4-5-6-7-8-9-10-11-19-12-14-20(15-13-19)28-21-16-17-23(22(24)18-21)29(25,26)27;/h12-18,24H,2-11H2,1H3,(H,25,26,27);/q;+1/p-1. The van der Waals surface area contributed by atoms with Crippen LogP contribution in [0.25, 0.3) is 0 Å². The van der Waals surface area contributed by atoms with Crippen LogP contribution in [0.1, 0.15) is 70.3 Å². The summed E-state index contributed by atoms with van der Waals surface area (Å²) < 4.78 is 36.7. The average Bonchev–Trinajstić information content (AvgIpc) is 2.67. The van der Waals surface area contributed by atoms with E-state index in [9.17, 15) is 13.5 Å². The second-order valence-corrected chi connectivity index (χ2v) is 8.80. The third-order valence-corrected chi connectivity index (χ3v) is 5.81. The Balaban J connectivity index is 0.00000450. The van der Waals surface area contributed by atoms with Crippen LogP contribution in [0.15, 0.2) is 47.4 Å². The first-order valence-corrected chi connectivity index (χ1v) is 11.9. The van der Waals surface area contributed by atoms with E-state index in [0.29, 0.717) is 5.75 Å². The van der Waals surface area contributed by atoms with Gasteiger partial charge in [-0.1, -0.05) is 76.2 Å². The van der Waals surface area contributed by atoms with Gasteiger partial charge < -0.3 is 9.84 Å². The maximum Gasteiger partial charge on any atom is 1.00 e. The summed E-state index contributed by atoms with van der Waals surface area (Å²) >= 11 is 0. The molecule has 0 aliphatic rings. The zero-order valence-corrected chi connectivity index (χ0v) is 22.0. The molecule has 2 aromatic rings. The minimum Gasteiger partial charge on any atom is -0.871 e. The fourth-order valence-corrected chi connectivity index (χ4v) is 3.82. The second-order valence-electron chi connectivity index (χ2n) is 7.41. The van der Waals surface area contributed by atoms with Crippen molar-refractivity contribution in [3.05, 3.63) is 48.0 Å². The summed E-state index contributed by atoms with van der Waals surface area (Å²) in [5, 5.41) is 11.8. The summed E-state index contributed by atoms with van der Waals surface area (Å²) in [7, 11) is -4.52. The molecular weight excluding hydrogens is 427 g/mol. The third-order valence-electron chi connectivity index (χ3n) is 4.92. The molecule has 2 rings (SSSR count). The van der Waals surface area contributed by atoms with Crippen molar-refractivity contribution >= 4 is 10.1 Å². The van der Waals surface area contributed by atoms with Crippen molar-refractivity contribution in [3.8, 4) is 17.2 Å². The van der Waals surface area contributed by atoms with Gasteiger partial charge in [0.15, 0.2) is 0 Å². The van der Waals surface area contributed by atoms with Gasteiger partial charge in [0.2, 0.25) is 0 Å². The molecule has 0 spiro atoms. The van der Waals surface area contributed by atoms with Crippen LogP contribution in [0.2, 0.25) is 0 Å². The molecule has 7 heteroatoms. The van der Waals surface area contributed by atoms with Gasteiger partial charge >= 0.3 is 51.4 Å². The molecule has 0 saturated carbocycles. The van der Waals surface area contributed by atoms with E-state index in [1.54, 1.807) is 0 Å². The topological polar surface area (TPSA) is 86.7 Å². The number of ether oxygens (including phenoxy) is 1. The van der Waals surface area contributed by atoms with Gasteiger partial charge in [-0.15, -0.1) is 0 Å². The van der Waals surface area contributed by atoms with E-state index in [1.165, 1.54) is 69.4 Å². The molecule has 1 N–H and O–H groups in total. The van der Waals surface area contributed by atoms with Crippen LogP contribution in [0.3, 0.4) is 0 Å². The predicted octanol–water partition coefficient (Wildman–Crippen LogP) is 2.88. The van der Waals surface area contributed by atoms with Crippen molar-refractivity contribution < 1.29 is 74.2 Å². The molecule has 0 fully saturated rings. The Morgan fingerprint density at radius 2 is 1.37 bits per heavy atom. The van der Waals surface area contributed by atoms with Gasteiger partial charge in [-0.05, 0) is 48.7 Å².